The van der Waals surface area contributed by atoms with Crippen LogP contribution in [-0.4, -0.2) is 54.2 Å². The summed E-state index contributed by atoms with van der Waals surface area (Å²) >= 11 is 0. The molecule has 3 aliphatic rings. The highest BCUT2D eigenvalue weighted by atomic mass is 16.2. The Hall–Kier alpha value is -3.39. The van der Waals surface area contributed by atoms with Gasteiger partial charge in [-0.1, -0.05) is 5.11 Å². The molecule has 0 aromatic heterocycles. The number of fused-ring (bicyclic) bond motifs is 1. The Morgan fingerprint density at radius 2 is 1.93 bits per heavy atom. The number of nitrogens with one attached hydrogen (secondary N) is 1. The van der Waals surface area contributed by atoms with Crippen molar-refractivity contribution in [2.75, 3.05) is 24.5 Å². The first-order chi connectivity index (χ1) is 13.5. The Labute approximate surface area is 160 Å². The molecule has 4 amide bonds. The van der Waals surface area contributed by atoms with E-state index in [0.29, 0.717) is 13.1 Å². The molecule has 1 N–H and O–H groups in total. The summed E-state index contributed by atoms with van der Waals surface area (Å²) in [5, 5.41) is 5.81. The largest absolute Gasteiger partial charge is 0.371 e. The van der Waals surface area contributed by atoms with Gasteiger partial charge in [0.15, 0.2) is 0 Å². The molecule has 3 heterocycles. The third kappa shape index (κ3) is 2.97. The van der Waals surface area contributed by atoms with Crippen molar-refractivity contribution in [3.05, 3.63) is 39.8 Å². The maximum Gasteiger partial charge on any atom is 0.262 e. The van der Waals surface area contributed by atoms with Crippen LogP contribution in [0.2, 0.25) is 0 Å². The molecule has 0 aliphatic carbocycles. The van der Waals surface area contributed by atoms with Crippen molar-refractivity contribution in [1.29, 1.82) is 0 Å². The standard InChI is InChI=1S/C18H18N6O4/c19-22-20-8-10-5-6-23(9-10)11-1-2-12-13(7-11)18(28)24(17(12)27)14-3-4-15(25)21-16(14)26/h1-2,7,10,14H,3-6,8-9H2,(H,21,25,26). The van der Waals surface area contributed by atoms with E-state index in [4.69, 9.17) is 5.53 Å². The van der Waals surface area contributed by atoms with E-state index in [9.17, 15) is 19.2 Å². The van der Waals surface area contributed by atoms with Crippen LogP contribution >= 0.6 is 0 Å². The topological polar surface area (TPSA) is 136 Å². The number of amides is 4. The first-order valence-electron chi connectivity index (χ1n) is 9.11. The van der Waals surface area contributed by atoms with Crippen LogP contribution < -0.4 is 10.2 Å². The fourth-order valence-electron chi connectivity index (χ4n) is 4.02. The number of carbonyl (C=O) groups is 4. The zero-order valence-electron chi connectivity index (χ0n) is 15.0. The van der Waals surface area contributed by atoms with Crippen LogP contribution in [0.5, 0.6) is 0 Å². The summed E-state index contributed by atoms with van der Waals surface area (Å²) in [6.07, 6.45) is 1.11. The predicted molar refractivity (Wildman–Crippen MR) is 97.4 cm³/mol. The lowest BCUT2D eigenvalue weighted by Gasteiger charge is -2.27. The Morgan fingerprint density at radius 3 is 2.68 bits per heavy atom. The summed E-state index contributed by atoms with van der Waals surface area (Å²) in [4.78, 5) is 54.9. The van der Waals surface area contributed by atoms with Gasteiger partial charge in [0, 0.05) is 36.7 Å². The lowest BCUT2D eigenvalue weighted by atomic mass is 10.0. The average Bonchev–Trinajstić information content (AvgIpc) is 3.24. The number of azide groups is 1. The van der Waals surface area contributed by atoms with E-state index in [1.54, 1.807) is 18.2 Å². The molecule has 1 aromatic carbocycles. The van der Waals surface area contributed by atoms with Gasteiger partial charge in [-0.15, -0.1) is 0 Å². The summed E-state index contributed by atoms with van der Waals surface area (Å²) < 4.78 is 0. The highest BCUT2D eigenvalue weighted by Crippen LogP contribution is 2.32. The summed E-state index contributed by atoms with van der Waals surface area (Å²) in [5.41, 5.74) is 9.81. The van der Waals surface area contributed by atoms with E-state index < -0.39 is 29.7 Å². The first kappa shape index (κ1) is 18.0. The third-order valence-electron chi connectivity index (χ3n) is 5.48. The molecule has 0 saturated carbocycles. The van der Waals surface area contributed by atoms with E-state index in [2.05, 4.69) is 20.2 Å². The maximum atomic E-state index is 12.9. The number of hydrogen-bond donors (Lipinski definition) is 1. The molecule has 1 aromatic rings. The minimum Gasteiger partial charge on any atom is -0.371 e. The number of hydrogen-bond acceptors (Lipinski definition) is 6. The van der Waals surface area contributed by atoms with E-state index in [-0.39, 0.29) is 29.9 Å². The van der Waals surface area contributed by atoms with Crippen LogP contribution in [0.15, 0.2) is 23.3 Å². The van der Waals surface area contributed by atoms with Gasteiger partial charge in [-0.3, -0.25) is 29.4 Å². The average molecular weight is 382 g/mol. The smallest absolute Gasteiger partial charge is 0.262 e. The predicted octanol–water partition coefficient (Wildman–Crippen LogP) is 1.22. The second-order valence-corrected chi connectivity index (χ2v) is 7.19. The van der Waals surface area contributed by atoms with Crippen molar-refractivity contribution >= 4 is 29.3 Å². The zero-order chi connectivity index (χ0) is 19.8. The molecular formula is C18H18N6O4. The van der Waals surface area contributed by atoms with Crippen molar-refractivity contribution in [3.63, 3.8) is 0 Å². The number of rotatable bonds is 4. The number of nitrogens with zero attached hydrogens (tertiary/aromatic N) is 5. The van der Waals surface area contributed by atoms with Gasteiger partial charge >= 0.3 is 0 Å². The SMILES string of the molecule is [N-]=[N+]=NCC1CCN(c2ccc3c(c2)C(=O)N(C2CCC(=O)NC2=O)C3=O)C1. The van der Waals surface area contributed by atoms with Gasteiger partial charge in [0.2, 0.25) is 11.8 Å². The van der Waals surface area contributed by atoms with Gasteiger partial charge in [-0.25, -0.2) is 0 Å². The summed E-state index contributed by atoms with van der Waals surface area (Å²) in [5.74, 6) is -1.79. The van der Waals surface area contributed by atoms with Gasteiger partial charge in [-0.2, -0.15) is 0 Å². The molecule has 2 saturated heterocycles. The lowest BCUT2D eigenvalue weighted by Crippen LogP contribution is -2.54. The van der Waals surface area contributed by atoms with Crippen molar-refractivity contribution in [3.8, 4) is 0 Å². The Bertz CT molecular complexity index is 938. The highest BCUT2D eigenvalue weighted by Gasteiger charge is 2.44. The van der Waals surface area contributed by atoms with Crippen LogP contribution in [0, 0.1) is 5.92 Å². The van der Waals surface area contributed by atoms with Crippen molar-refractivity contribution in [2.24, 2.45) is 11.0 Å². The molecule has 10 nitrogen and oxygen atoms in total. The quantitative estimate of drug-likeness (QED) is 0.361. The van der Waals surface area contributed by atoms with Crippen molar-refractivity contribution in [1.82, 2.24) is 10.2 Å². The van der Waals surface area contributed by atoms with Crippen molar-refractivity contribution in [2.45, 2.75) is 25.3 Å². The molecule has 10 heteroatoms. The van der Waals surface area contributed by atoms with Crippen LogP contribution in [0.25, 0.3) is 10.4 Å². The highest BCUT2D eigenvalue weighted by molar-refractivity contribution is 6.23. The lowest BCUT2D eigenvalue weighted by molar-refractivity contribution is -0.136. The molecular weight excluding hydrogens is 364 g/mol. The second-order valence-electron chi connectivity index (χ2n) is 7.19. The Balaban J connectivity index is 1.55. The van der Waals surface area contributed by atoms with Crippen LogP contribution in [0.4, 0.5) is 5.69 Å². The van der Waals surface area contributed by atoms with Crippen molar-refractivity contribution < 1.29 is 19.2 Å². The fraction of sp³-hybridized carbons (Fsp3) is 0.444. The van der Waals surface area contributed by atoms with Gasteiger partial charge in [0.05, 0.1) is 11.1 Å². The van der Waals surface area contributed by atoms with Crippen LogP contribution in [0.1, 0.15) is 40.0 Å². The molecule has 0 radical (unpaired) electrons. The minimum atomic E-state index is -0.964. The number of anilines is 1. The fourth-order valence-corrected chi connectivity index (χ4v) is 4.02. The minimum absolute atomic E-state index is 0.0927. The first-order valence-corrected chi connectivity index (χ1v) is 9.11. The van der Waals surface area contributed by atoms with Gasteiger partial charge in [0.1, 0.15) is 6.04 Å². The Kier molecular flexibility index (Phi) is 4.48. The van der Waals surface area contributed by atoms with E-state index in [1.165, 1.54) is 0 Å². The molecule has 0 spiro atoms. The molecule has 4 rings (SSSR count). The summed E-state index contributed by atoms with van der Waals surface area (Å²) in [7, 11) is 0. The molecule has 2 fully saturated rings. The van der Waals surface area contributed by atoms with E-state index in [0.717, 1.165) is 23.6 Å². The zero-order valence-corrected chi connectivity index (χ0v) is 15.0. The molecule has 144 valence electrons. The second kappa shape index (κ2) is 6.97. The summed E-state index contributed by atoms with van der Waals surface area (Å²) in [6, 6.07) is 4.11. The van der Waals surface area contributed by atoms with Crippen LogP contribution in [-0.2, 0) is 9.59 Å². The van der Waals surface area contributed by atoms with E-state index >= 15 is 0 Å². The third-order valence-corrected chi connectivity index (χ3v) is 5.48. The maximum absolute atomic E-state index is 12.9. The summed E-state index contributed by atoms with van der Waals surface area (Å²) in [6.45, 7) is 1.90. The number of piperidine rings is 1. The van der Waals surface area contributed by atoms with Gasteiger partial charge < -0.3 is 4.90 Å². The number of carbonyl (C=O) groups excluding carboxylic acids is 4. The van der Waals surface area contributed by atoms with Crippen LogP contribution in [0.3, 0.4) is 0 Å². The molecule has 3 aliphatic heterocycles. The molecule has 2 atom stereocenters. The Morgan fingerprint density at radius 1 is 1.14 bits per heavy atom. The van der Waals surface area contributed by atoms with Gasteiger partial charge in [0.25, 0.3) is 11.8 Å². The molecule has 2 unspecified atom stereocenters. The monoisotopic (exact) mass is 382 g/mol. The number of imide groups is 2. The number of benzene rings is 1. The molecule has 28 heavy (non-hydrogen) atoms. The normalized spacial score (nSPS) is 24.3. The van der Waals surface area contributed by atoms with Gasteiger partial charge in [-0.05, 0) is 42.5 Å². The molecule has 0 bridgehead atoms. The van der Waals surface area contributed by atoms with E-state index in [1.807, 2.05) is 0 Å².